The Labute approximate surface area is 197 Å². The van der Waals surface area contributed by atoms with Crippen molar-refractivity contribution in [1.82, 2.24) is 9.80 Å². The molecule has 1 fully saturated rings. The molecule has 1 aliphatic heterocycles. The van der Waals surface area contributed by atoms with E-state index >= 15 is 0 Å². The minimum absolute atomic E-state index is 0.0694. The number of hydrogen-bond donors (Lipinski definition) is 2. The highest BCUT2D eigenvalue weighted by Gasteiger charge is 2.24. The van der Waals surface area contributed by atoms with Gasteiger partial charge in [-0.15, -0.1) is 0 Å². The lowest BCUT2D eigenvalue weighted by Crippen LogP contribution is -2.45. The first-order valence-corrected chi connectivity index (χ1v) is 10.5. The van der Waals surface area contributed by atoms with Gasteiger partial charge >= 0.3 is 11.9 Å². The maximum Gasteiger partial charge on any atom is 0.414 e. The number of hydrogen-bond acceptors (Lipinski definition) is 8. The number of aliphatic carboxylic acids is 2. The van der Waals surface area contributed by atoms with Gasteiger partial charge in [0, 0.05) is 44.8 Å². The summed E-state index contributed by atoms with van der Waals surface area (Å²) in [5, 5.41) is 26.3. The Morgan fingerprint density at radius 3 is 1.82 bits per heavy atom. The minimum Gasteiger partial charge on any atom is -0.493 e. The third kappa shape index (κ3) is 7.42. The van der Waals surface area contributed by atoms with Crippen LogP contribution >= 0.6 is 0 Å². The molecule has 184 valence electrons. The van der Waals surface area contributed by atoms with Crippen LogP contribution in [0.1, 0.15) is 16.7 Å². The summed E-state index contributed by atoms with van der Waals surface area (Å²) < 4.78 is 10.5. The van der Waals surface area contributed by atoms with E-state index in [-0.39, 0.29) is 10.6 Å². The number of aryl methyl sites for hydroxylation is 1. The fraction of sp³-hybridized carbons (Fsp3) is 0.391. The predicted octanol–water partition coefficient (Wildman–Crippen LogP) is 2.39. The number of nitro groups is 1. The number of piperazine rings is 1. The molecule has 11 nitrogen and oxygen atoms in total. The Bertz CT molecular complexity index is 1010. The third-order valence-corrected chi connectivity index (χ3v) is 5.48. The molecule has 1 heterocycles. The molecule has 2 aromatic carbocycles. The zero-order valence-electron chi connectivity index (χ0n) is 19.4. The Kier molecular flexibility index (Phi) is 9.77. The molecule has 0 aliphatic carbocycles. The van der Waals surface area contributed by atoms with Crippen LogP contribution in [-0.4, -0.2) is 77.3 Å². The number of nitrogens with zero attached hydrogens (tertiary/aromatic N) is 3. The van der Waals surface area contributed by atoms with E-state index in [0.717, 1.165) is 32.7 Å². The number of methoxy groups -OCH3 is 2. The van der Waals surface area contributed by atoms with Crippen LogP contribution in [0.3, 0.4) is 0 Å². The standard InChI is InChI=1S/C21H27N3O4.C2H2O4/c1-16-6-4-5-7-17(16)14-22-8-10-23(11-9-22)15-18-12-20(27-2)21(28-3)13-19(18)24(25)26;3-1(4)2(5)6/h4-7,12-13H,8-11,14-15H2,1-3H3;(H,3,4)(H,5,6). The molecule has 0 saturated carbocycles. The number of nitro benzene ring substituents is 1. The SMILES string of the molecule is COc1cc(CN2CCN(Cc3ccccc3C)CC2)c([N+](=O)[O-])cc1OC.O=C(O)C(=O)O. The Morgan fingerprint density at radius 2 is 1.38 bits per heavy atom. The van der Waals surface area contributed by atoms with Gasteiger partial charge in [0.1, 0.15) is 0 Å². The van der Waals surface area contributed by atoms with E-state index in [1.54, 1.807) is 6.07 Å². The molecule has 1 saturated heterocycles. The quantitative estimate of drug-likeness (QED) is 0.348. The van der Waals surface area contributed by atoms with Crippen LogP contribution in [0, 0.1) is 17.0 Å². The van der Waals surface area contributed by atoms with Gasteiger partial charge in [-0.2, -0.15) is 0 Å². The molecule has 0 atom stereocenters. The molecular weight excluding hydrogens is 446 g/mol. The predicted molar refractivity (Wildman–Crippen MR) is 123 cm³/mol. The summed E-state index contributed by atoms with van der Waals surface area (Å²) in [5.74, 6) is -2.76. The molecule has 0 radical (unpaired) electrons. The van der Waals surface area contributed by atoms with Gasteiger partial charge in [-0.3, -0.25) is 19.9 Å². The molecule has 34 heavy (non-hydrogen) atoms. The number of carboxylic acid groups (broad SMARTS) is 2. The van der Waals surface area contributed by atoms with Gasteiger partial charge in [-0.1, -0.05) is 24.3 Å². The van der Waals surface area contributed by atoms with Crippen molar-refractivity contribution < 1.29 is 34.2 Å². The van der Waals surface area contributed by atoms with Gasteiger partial charge in [-0.25, -0.2) is 9.59 Å². The van der Waals surface area contributed by atoms with E-state index in [1.165, 1.54) is 31.4 Å². The summed E-state index contributed by atoms with van der Waals surface area (Å²) in [7, 11) is 3.02. The van der Waals surface area contributed by atoms with E-state index in [0.29, 0.717) is 23.6 Å². The zero-order chi connectivity index (χ0) is 25.3. The molecule has 0 unspecified atom stereocenters. The average molecular weight is 475 g/mol. The molecule has 2 aromatic rings. The number of carbonyl (C=O) groups is 2. The first-order chi connectivity index (χ1) is 16.2. The molecular formula is C23H29N3O8. The van der Waals surface area contributed by atoms with Crippen molar-refractivity contribution in [3.05, 3.63) is 63.2 Å². The Morgan fingerprint density at radius 1 is 0.912 bits per heavy atom. The van der Waals surface area contributed by atoms with Crippen molar-refractivity contribution in [2.24, 2.45) is 0 Å². The first-order valence-electron chi connectivity index (χ1n) is 10.5. The Hall–Kier alpha value is -3.70. The highest BCUT2D eigenvalue weighted by molar-refractivity contribution is 6.27. The molecule has 0 bridgehead atoms. The molecule has 0 amide bonds. The lowest BCUT2D eigenvalue weighted by Gasteiger charge is -2.35. The Balaban J connectivity index is 0.000000604. The minimum atomic E-state index is -1.82. The van der Waals surface area contributed by atoms with Gasteiger partial charge in [-0.05, 0) is 24.1 Å². The molecule has 2 N–H and O–H groups in total. The molecule has 0 aromatic heterocycles. The van der Waals surface area contributed by atoms with Crippen LogP contribution in [0.5, 0.6) is 11.5 Å². The fourth-order valence-corrected chi connectivity index (χ4v) is 3.58. The van der Waals surface area contributed by atoms with Gasteiger partial charge in [0.2, 0.25) is 0 Å². The summed E-state index contributed by atoms with van der Waals surface area (Å²) in [4.78, 5) is 34.0. The lowest BCUT2D eigenvalue weighted by molar-refractivity contribution is -0.385. The number of benzene rings is 2. The second kappa shape index (κ2) is 12.5. The van der Waals surface area contributed by atoms with Gasteiger partial charge < -0.3 is 19.7 Å². The van der Waals surface area contributed by atoms with Gasteiger partial charge in [0.15, 0.2) is 11.5 Å². The van der Waals surface area contributed by atoms with E-state index < -0.39 is 11.9 Å². The molecule has 11 heteroatoms. The summed E-state index contributed by atoms with van der Waals surface area (Å²) in [6, 6.07) is 11.6. The van der Waals surface area contributed by atoms with Crippen LogP contribution in [0.15, 0.2) is 36.4 Å². The second-order valence-corrected chi connectivity index (χ2v) is 7.68. The summed E-state index contributed by atoms with van der Waals surface area (Å²) in [5.41, 5.74) is 3.38. The van der Waals surface area contributed by atoms with Crippen molar-refractivity contribution in [2.75, 3.05) is 40.4 Å². The smallest absolute Gasteiger partial charge is 0.414 e. The fourth-order valence-electron chi connectivity index (χ4n) is 3.58. The van der Waals surface area contributed by atoms with Crippen molar-refractivity contribution in [3.8, 4) is 11.5 Å². The topological polar surface area (TPSA) is 143 Å². The van der Waals surface area contributed by atoms with Crippen LogP contribution in [0.25, 0.3) is 0 Å². The van der Waals surface area contributed by atoms with Crippen LogP contribution in [-0.2, 0) is 22.7 Å². The molecule has 0 spiro atoms. The van der Waals surface area contributed by atoms with Crippen LogP contribution in [0.2, 0.25) is 0 Å². The second-order valence-electron chi connectivity index (χ2n) is 7.68. The van der Waals surface area contributed by atoms with E-state index in [1.807, 2.05) is 0 Å². The maximum absolute atomic E-state index is 11.5. The van der Waals surface area contributed by atoms with E-state index in [2.05, 4.69) is 41.0 Å². The van der Waals surface area contributed by atoms with E-state index in [4.69, 9.17) is 29.3 Å². The first kappa shape index (κ1) is 26.6. The average Bonchev–Trinajstić information content (AvgIpc) is 2.81. The summed E-state index contributed by atoms with van der Waals surface area (Å²) in [6.45, 7) is 7.23. The highest BCUT2D eigenvalue weighted by Crippen LogP contribution is 2.35. The monoisotopic (exact) mass is 475 g/mol. The molecule has 3 rings (SSSR count). The van der Waals surface area contributed by atoms with Gasteiger partial charge in [0.25, 0.3) is 5.69 Å². The number of carboxylic acids is 2. The van der Waals surface area contributed by atoms with Gasteiger partial charge in [0.05, 0.1) is 25.2 Å². The van der Waals surface area contributed by atoms with Crippen molar-refractivity contribution >= 4 is 17.6 Å². The van der Waals surface area contributed by atoms with Crippen molar-refractivity contribution in [3.63, 3.8) is 0 Å². The highest BCUT2D eigenvalue weighted by atomic mass is 16.6. The van der Waals surface area contributed by atoms with Crippen LogP contribution in [0.4, 0.5) is 5.69 Å². The normalized spacial score (nSPS) is 14.0. The van der Waals surface area contributed by atoms with Crippen LogP contribution < -0.4 is 9.47 Å². The summed E-state index contributed by atoms with van der Waals surface area (Å²) >= 11 is 0. The van der Waals surface area contributed by atoms with Crippen molar-refractivity contribution in [1.29, 1.82) is 0 Å². The van der Waals surface area contributed by atoms with Crippen molar-refractivity contribution in [2.45, 2.75) is 20.0 Å². The summed E-state index contributed by atoms with van der Waals surface area (Å²) in [6.07, 6.45) is 0. The third-order valence-electron chi connectivity index (χ3n) is 5.48. The number of rotatable bonds is 7. The zero-order valence-corrected chi connectivity index (χ0v) is 19.4. The maximum atomic E-state index is 11.5. The van der Waals surface area contributed by atoms with E-state index in [9.17, 15) is 10.1 Å². The lowest BCUT2D eigenvalue weighted by atomic mass is 10.1. The number of ether oxygens (including phenoxy) is 2. The largest absolute Gasteiger partial charge is 0.493 e. The molecule has 1 aliphatic rings.